The van der Waals surface area contributed by atoms with Gasteiger partial charge in [0.2, 0.25) is 17.7 Å². The lowest BCUT2D eigenvalue weighted by Gasteiger charge is -2.19. The molecule has 0 spiro atoms. The van der Waals surface area contributed by atoms with Gasteiger partial charge in [0.15, 0.2) is 0 Å². The van der Waals surface area contributed by atoms with Crippen molar-refractivity contribution in [2.75, 3.05) is 25.0 Å². The molecule has 0 aromatic heterocycles. The molecule has 3 rings (SSSR count). The number of nitrogens with one attached hydrogen (secondary N) is 2. The molecule has 2 N–H and O–H groups in total. The van der Waals surface area contributed by atoms with Crippen LogP contribution < -0.4 is 10.6 Å². The minimum absolute atomic E-state index is 0.0265. The van der Waals surface area contributed by atoms with E-state index in [2.05, 4.69) is 10.6 Å². The summed E-state index contributed by atoms with van der Waals surface area (Å²) in [5, 5.41) is 16.6. The van der Waals surface area contributed by atoms with E-state index in [1.807, 2.05) is 0 Å². The lowest BCUT2D eigenvalue weighted by Crippen LogP contribution is -2.36. The molecule has 150 valence electrons. The van der Waals surface area contributed by atoms with Gasteiger partial charge >= 0.3 is 0 Å². The normalized spacial score (nSPS) is 21.4. The number of hydrogen-bond acceptors (Lipinski definition) is 6. The number of benzene rings is 1. The summed E-state index contributed by atoms with van der Waals surface area (Å²) in [4.78, 5) is 48.5. The minimum Gasteiger partial charge on any atom is -0.378 e. The first kappa shape index (κ1) is 19.8. The van der Waals surface area contributed by atoms with Crippen molar-refractivity contribution < 1.29 is 19.3 Å². The van der Waals surface area contributed by atoms with Crippen molar-refractivity contribution in [2.24, 2.45) is 11.8 Å². The second-order valence-electron chi connectivity index (χ2n) is 7.13. The predicted molar refractivity (Wildman–Crippen MR) is 101 cm³/mol. The van der Waals surface area contributed by atoms with Crippen LogP contribution in [0.3, 0.4) is 0 Å². The third kappa shape index (κ3) is 4.29. The Balaban J connectivity index is 1.40. The highest BCUT2D eigenvalue weighted by Crippen LogP contribution is 2.37. The van der Waals surface area contributed by atoms with Crippen molar-refractivity contribution in [3.63, 3.8) is 0 Å². The average molecular weight is 388 g/mol. The Hall–Kier alpha value is -2.97. The zero-order chi connectivity index (χ0) is 20.1. The number of likely N-dealkylation sites (tertiary alicyclic amines) is 1. The van der Waals surface area contributed by atoms with Crippen LogP contribution in [0.1, 0.15) is 32.1 Å². The van der Waals surface area contributed by atoms with Gasteiger partial charge < -0.3 is 10.6 Å². The van der Waals surface area contributed by atoms with E-state index in [-0.39, 0.29) is 54.8 Å². The topological polar surface area (TPSA) is 122 Å². The van der Waals surface area contributed by atoms with Gasteiger partial charge in [0.1, 0.15) is 5.69 Å². The fourth-order valence-electron chi connectivity index (χ4n) is 3.93. The summed E-state index contributed by atoms with van der Waals surface area (Å²) >= 11 is 0. The first-order chi connectivity index (χ1) is 13.5. The van der Waals surface area contributed by atoms with Crippen LogP contribution in [0, 0.1) is 22.0 Å². The van der Waals surface area contributed by atoms with Gasteiger partial charge in [-0.05, 0) is 18.9 Å². The Morgan fingerprint density at radius 1 is 1.11 bits per heavy atom. The number of nitrogens with zero attached hydrogens (tertiary/aromatic N) is 2. The Morgan fingerprint density at radius 2 is 1.75 bits per heavy atom. The average Bonchev–Trinajstić information content (AvgIpc) is 2.94. The quantitative estimate of drug-likeness (QED) is 0.302. The van der Waals surface area contributed by atoms with Crippen molar-refractivity contribution in [2.45, 2.75) is 32.1 Å². The molecule has 3 amide bonds. The Bertz CT molecular complexity index is 757. The zero-order valence-electron chi connectivity index (χ0n) is 15.6. The first-order valence-electron chi connectivity index (χ1n) is 9.58. The van der Waals surface area contributed by atoms with Crippen molar-refractivity contribution >= 4 is 29.1 Å². The monoisotopic (exact) mass is 388 g/mol. The molecule has 0 unspecified atom stereocenters. The molecule has 0 bridgehead atoms. The maximum absolute atomic E-state index is 12.4. The Labute approximate surface area is 162 Å². The molecule has 2 fully saturated rings. The molecule has 1 aliphatic heterocycles. The van der Waals surface area contributed by atoms with Gasteiger partial charge in [-0.3, -0.25) is 29.4 Å². The van der Waals surface area contributed by atoms with Crippen LogP contribution in [-0.4, -0.2) is 47.2 Å². The van der Waals surface area contributed by atoms with Crippen molar-refractivity contribution in [3.8, 4) is 0 Å². The van der Waals surface area contributed by atoms with Crippen LogP contribution in [0.15, 0.2) is 24.3 Å². The number of para-hydroxylation sites is 2. The zero-order valence-corrected chi connectivity index (χ0v) is 15.6. The van der Waals surface area contributed by atoms with Crippen LogP contribution in [0.4, 0.5) is 11.4 Å². The predicted octanol–water partition coefficient (Wildman–Crippen LogP) is 1.69. The van der Waals surface area contributed by atoms with Crippen LogP contribution in [-0.2, 0) is 14.4 Å². The van der Waals surface area contributed by atoms with Gasteiger partial charge in [0.25, 0.3) is 5.69 Å². The van der Waals surface area contributed by atoms with Crippen molar-refractivity contribution in [3.05, 3.63) is 34.4 Å². The minimum atomic E-state index is -0.470. The summed E-state index contributed by atoms with van der Waals surface area (Å²) in [5.41, 5.74) is 0.360. The van der Waals surface area contributed by atoms with Crippen LogP contribution in [0.2, 0.25) is 0 Å². The summed E-state index contributed by atoms with van der Waals surface area (Å²) in [7, 11) is 0. The number of amides is 3. The van der Waals surface area contributed by atoms with Gasteiger partial charge in [-0.2, -0.15) is 0 Å². The molecule has 2 aliphatic rings. The van der Waals surface area contributed by atoms with E-state index in [9.17, 15) is 24.5 Å². The molecule has 1 aromatic rings. The summed E-state index contributed by atoms with van der Waals surface area (Å²) in [6.07, 6.45) is 3.52. The smallest absolute Gasteiger partial charge is 0.292 e. The summed E-state index contributed by atoms with van der Waals surface area (Å²) in [6.45, 7) is 0.703. The fourth-order valence-corrected chi connectivity index (χ4v) is 3.93. The lowest BCUT2D eigenvalue weighted by molar-refractivity contribution is -0.384. The van der Waals surface area contributed by atoms with Crippen LogP contribution >= 0.6 is 0 Å². The van der Waals surface area contributed by atoms with E-state index in [1.165, 1.54) is 11.0 Å². The fraction of sp³-hybridized carbons (Fsp3) is 0.526. The van der Waals surface area contributed by atoms with E-state index in [1.54, 1.807) is 18.2 Å². The lowest BCUT2D eigenvalue weighted by atomic mass is 9.81. The summed E-state index contributed by atoms with van der Waals surface area (Å²) < 4.78 is 0. The number of rotatable bonds is 8. The summed E-state index contributed by atoms with van der Waals surface area (Å²) in [6, 6.07) is 6.28. The molecule has 1 heterocycles. The van der Waals surface area contributed by atoms with Crippen LogP contribution in [0.5, 0.6) is 0 Å². The number of anilines is 1. The van der Waals surface area contributed by atoms with Gasteiger partial charge in [0.05, 0.1) is 16.8 Å². The van der Waals surface area contributed by atoms with E-state index in [4.69, 9.17) is 0 Å². The molecule has 9 nitrogen and oxygen atoms in total. The molecule has 0 radical (unpaired) electrons. The third-order valence-corrected chi connectivity index (χ3v) is 5.36. The van der Waals surface area contributed by atoms with Gasteiger partial charge in [0, 0.05) is 32.1 Å². The summed E-state index contributed by atoms with van der Waals surface area (Å²) in [5.74, 6) is -0.939. The number of nitro groups is 1. The molecule has 1 saturated carbocycles. The molecular weight excluding hydrogens is 364 g/mol. The largest absolute Gasteiger partial charge is 0.378 e. The number of hydrogen-bond donors (Lipinski definition) is 2. The molecule has 2 atom stereocenters. The number of carbonyl (C=O) groups excluding carboxylic acids is 3. The highest BCUT2D eigenvalue weighted by atomic mass is 16.6. The van der Waals surface area contributed by atoms with E-state index in [0.717, 1.165) is 25.7 Å². The number of fused-ring (bicyclic) bond motifs is 1. The van der Waals surface area contributed by atoms with Crippen molar-refractivity contribution in [1.29, 1.82) is 0 Å². The van der Waals surface area contributed by atoms with Crippen LogP contribution in [0.25, 0.3) is 0 Å². The highest BCUT2D eigenvalue weighted by Gasteiger charge is 2.47. The van der Waals surface area contributed by atoms with Crippen molar-refractivity contribution in [1.82, 2.24) is 10.2 Å². The Morgan fingerprint density at radius 3 is 2.39 bits per heavy atom. The molecular formula is C19H24N4O5. The maximum atomic E-state index is 12.4. The van der Waals surface area contributed by atoms with E-state index in [0.29, 0.717) is 12.2 Å². The van der Waals surface area contributed by atoms with Gasteiger partial charge in [-0.25, -0.2) is 0 Å². The molecule has 28 heavy (non-hydrogen) atoms. The molecule has 1 aromatic carbocycles. The molecule has 1 saturated heterocycles. The number of carbonyl (C=O) groups is 3. The second-order valence-corrected chi connectivity index (χ2v) is 7.13. The first-order valence-corrected chi connectivity index (χ1v) is 9.58. The number of nitro benzene ring substituents is 1. The Kier molecular flexibility index (Phi) is 6.23. The van der Waals surface area contributed by atoms with E-state index < -0.39 is 4.92 Å². The SMILES string of the molecule is O=C(CCN1C(=O)[C@@H]2CCCC[C@H]2C1=O)NCCNc1ccccc1[N+](=O)[O-]. The second kappa shape index (κ2) is 8.81. The maximum Gasteiger partial charge on any atom is 0.292 e. The van der Waals surface area contributed by atoms with Gasteiger partial charge in [-0.1, -0.05) is 25.0 Å². The third-order valence-electron chi connectivity index (χ3n) is 5.36. The standard InChI is InChI=1S/C19H24N4O5/c24-17(21-11-10-20-15-7-3-4-8-16(15)23(27)28)9-12-22-18(25)13-5-1-2-6-14(13)19(22)26/h3-4,7-8,13-14,20H,1-2,5-6,9-12H2,(H,21,24)/t13-,14-/m1/s1. The van der Waals surface area contributed by atoms with Gasteiger partial charge in [-0.15, -0.1) is 0 Å². The number of imide groups is 1. The highest BCUT2D eigenvalue weighted by molar-refractivity contribution is 6.05. The molecule has 1 aliphatic carbocycles. The molecule has 9 heteroatoms. The van der Waals surface area contributed by atoms with E-state index >= 15 is 0 Å².